The fraction of sp³-hybridized carbons (Fsp3) is 0.357. The van der Waals surface area contributed by atoms with Crippen molar-refractivity contribution in [3.63, 3.8) is 0 Å². The summed E-state index contributed by atoms with van der Waals surface area (Å²) in [5, 5.41) is 13.8. The zero-order valence-electron chi connectivity index (χ0n) is 12.2. The molecule has 0 aliphatic rings. The molecular weight excluding hydrogens is 370 g/mol. The molecule has 0 aliphatic heterocycles. The first kappa shape index (κ1) is 16.7. The predicted octanol–water partition coefficient (Wildman–Crippen LogP) is 2.96. The molecule has 6 nitrogen and oxygen atoms in total. The molecule has 2 heterocycles. The summed E-state index contributed by atoms with van der Waals surface area (Å²) in [6.07, 6.45) is 2.38. The Morgan fingerprint density at radius 1 is 1.50 bits per heavy atom. The molecule has 1 amide bonds. The van der Waals surface area contributed by atoms with E-state index in [-0.39, 0.29) is 17.6 Å². The van der Waals surface area contributed by atoms with Crippen LogP contribution in [-0.2, 0) is 6.42 Å². The van der Waals surface area contributed by atoms with Crippen molar-refractivity contribution in [3.8, 4) is 0 Å². The molecule has 2 rings (SSSR count). The number of carbonyl (C=O) groups excluding carboxylic acids is 1. The van der Waals surface area contributed by atoms with Gasteiger partial charge in [-0.3, -0.25) is 4.79 Å². The van der Waals surface area contributed by atoms with E-state index in [0.717, 1.165) is 4.47 Å². The smallest absolute Gasteiger partial charge is 0.355 e. The van der Waals surface area contributed by atoms with Gasteiger partial charge < -0.3 is 15.0 Å². The van der Waals surface area contributed by atoms with Gasteiger partial charge in [0.05, 0.1) is 5.01 Å². The van der Waals surface area contributed by atoms with Crippen molar-refractivity contribution in [1.82, 2.24) is 14.9 Å². The number of rotatable bonds is 6. The van der Waals surface area contributed by atoms with Crippen LogP contribution in [0.4, 0.5) is 0 Å². The van der Waals surface area contributed by atoms with Crippen molar-refractivity contribution in [2.45, 2.75) is 26.3 Å². The van der Waals surface area contributed by atoms with Crippen LogP contribution in [0.2, 0.25) is 0 Å². The summed E-state index contributed by atoms with van der Waals surface area (Å²) in [5.41, 5.74) is 0.635. The predicted molar refractivity (Wildman–Crippen MR) is 87.6 cm³/mol. The Hall–Kier alpha value is -1.67. The second-order valence-corrected chi connectivity index (χ2v) is 6.84. The van der Waals surface area contributed by atoms with Crippen molar-refractivity contribution >= 4 is 39.1 Å². The fourth-order valence-corrected chi connectivity index (χ4v) is 3.16. The highest BCUT2D eigenvalue weighted by molar-refractivity contribution is 9.10. The Bertz CT molecular complexity index is 693. The van der Waals surface area contributed by atoms with Gasteiger partial charge in [-0.15, -0.1) is 11.3 Å². The largest absolute Gasteiger partial charge is 0.476 e. The molecule has 0 atom stereocenters. The molecule has 0 saturated heterocycles. The average Bonchev–Trinajstić information content (AvgIpc) is 3.05. The van der Waals surface area contributed by atoms with Gasteiger partial charge in [-0.05, 0) is 35.8 Å². The van der Waals surface area contributed by atoms with E-state index in [4.69, 9.17) is 5.11 Å². The molecule has 0 spiro atoms. The number of aromatic carboxylic acids is 1. The topological polar surface area (TPSA) is 84.2 Å². The van der Waals surface area contributed by atoms with Crippen LogP contribution in [0.1, 0.15) is 45.9 Å². The molecule has 2 aromatic heterocycles. The van der Waals surface area contributed by atoms with E-state index in [2.05, 4.69) is 26.2 Å². The number of carboxylic acids is 1. The number of thiazole rings is 1. The average molecular weight is 386 g/mol. The molecule has 0 aromatic carbocycles. The summed E-state index contributed by atoms with van der Waals surface area (Å²) in [7, 11) is 0. The molecule has 0 saturated carbocycles. The Balaban J connectivity index is 1.94. The van der Waals surface area contributed by atoms with Gasteiger partial charge >= 0.3 is 5.97 Å². The van der Waals surface area contributed by atoms with Gasteiger partial charge in [0, 0.05) is 35.1 Å². The molecule has 118 valence electrons. The van der Waals surface area contributed by atoms with Gasteiger partial charge in [0.1, 0.15) is 5.69 Å². The molecule has 8 heteroatoms. The van der Waals surface area contributed by atoms with E-state index < -0.39 is 5.97 Å². The van der Waals surface area contributed by atoms with E-state index in [1.165, 1.54) is 16.7 Å². The summed E-state index contributed by atoms with van der Waals surface area (Å²) in [5.74, 6) is -1.19. The monoisotopic (exact) mass is 385 g/mol. The highest BCUT2D eigenvalue weighted by Crippen LogP contribution is 2.19. The van der Waals surface area contributed by atoms with E-state index in [0.29, 0.717) is 23.7 Å². The third-order valence-corrected chi connectivity index (χ3v) is 4.34. The van der Waals surface area contributed by atoms with Crippen LogP contribution in [0.3, 0.4) is 0 Å². The third-order valence-electron chi connectivity index (χ3n) is 3.00. The van der Waals surface area contributed by atoms with Crippen LogP contribution >= 0.6 is 27.3 Å². The normalized spacial score (nSPS) is 10.9. The lowest BCUT2D eigenvalue weighted by atomic mass is 10.3. The Morgan fingerprint density at radius 2 is 2.23 bits per heavy atom. The van der Waals surface area contributed by atoms with Crippen LogP contribution in [0, 0.1) is 0 Å². The van der Waals surface area contributed by atoms with Gasteiger partial charge in [-0.2, -0.15) is 0 Å². The lowest BCUT2D eigenvalue weighted by Crippen LogP contribution is -2.28. The molecule has 0 unspecified atom stereocenters. The Kier molecular flexibility index (Phi) is 5.36. The lowest BCUT2D eigenvalue weighted by Gasteiger charge is -2.12. The SMILES string of the molecule is CC(C)n1cc(Br)cc1C(=O)NCCc1nc(C(=O)O)cs1. The summed E-state index contributed by atoms with van der Waals surface area (Å²) < 4.78 is 2.75. The first-order chi connectivity index (χ1) is 10.4. The molecular formula is C14H16BrN3O3S. The number of nitrogens with zero attached hydrogens (tertiary/aromatic N) is 2. The van der Waals surface area contributed by atoms with E-state index in [9.17, 15) is 9.59 Å². The first-order valence-corrected chi connectivity index (χ1v) is 8.39. The summed E-state index contributed by atoms with van der Waals surface area (Å²) in [6.45, 7) is 4.42. The van der Waals surface area contributed by atoms with Gasteiger partial charge in [0.25, 0.3) is 5.91 Å². The number of carboxylic acid groups (broad SMARTS) is 1. The maximum Gasteiger partial charge on any atom is 0.355 e. The van der Waals surface area contributed by atoms with Crippen LogP contribution in [0.15, 0.2) is 22.1 Å². The van der Waals surface area contributed by atoms with Gasteiger partial charge in [0.2, 0.25) is 0 Å². The summed E-state index contributed by atoms with van der Waals surface area (Å²) in [4.78, 5) is 27.0. The molecule has 0 aliphatic carbocycles. The Morgan fingerprint density at radius 3 is 2.82 bits per heavy atom. The zero-order chi connectivity index (χ0) is 16.3. The minimum atomic E-state index is -1.04. The molecule has 0 bridgehead atoms. The number of carbonyl (C=O) groups is 2. The second kappa shape index (κ2) is 7.06. The molecule has 2 aromatic rings. The van der Waals surface area contributed by atoms with E-state index >= 15 is 0 Å². The van der Waals surface area contributed by atoms with Crippen LogP contribution < -0.4 is 5.32 Å². The number of hydrogen-bond acceptors (Lipinski definition) is 4. The minimum absolute atomic E-state index is 0.0453. The highest BCUT2D eigenvalue weighted by Gasteiger charge is 2.15. The van der Waals surface area contributed by atoms with Crippen molar-refractivity contribution in [2.24, 2.45) is 0 Å². The number of hydrogen-bond donors (Lipinski definition) is 2. The van der Waals surface area contributed by atoms with Crippen LogP contribution in [0.5, 0.6) is 0 Å². The first-order valence-electron chi connectivity index (χ1n) is 6.71. The number of nitrogens with one attached hydrogen (secondary N) is 1. The number of halogens is 1. The molecule has 0 fully saturated rings. The maximum absolute atomic E-state index is 12.2. The summed E-state index contributed by atoms with van der Waals surface area (Å²) >= 11 is 4.66. The van der Waals surface area contributed by atoms with E-state index in [1.54, 1.807) is 6.07 Å². The van der Waals surface area contributed by atoms with Crippen molar-refractivity contribution < 1.29 is 14.7 Å². The number of amides is 1. The quantitative estimate of drug-likeness (QED) is 0.800. The van der Waals surface area contributed by atoms with Crippen molar-refractivity contribution in [3.05, 3.63) is 38.5 Å². The molecule has 2 N–H and O–H groups in total. The van der Waals surface area contributed by atoms with Crippen LogP contribution in [0.25, 0.3) is 0 Å². The number of aromatic nitrogens is 2. The maximum atomic E-state index is 12.2. The van der Waals surface area contributed by atoms with Gasteiger partial charge in [0.15, 0.2) is 5.69 Å². The van der Waals surface area contributed by atoms with Gasteiger partial charge in [-0.1, -0.05) is 0 Å². The van der Waals surface area contributed by atoms with Crippen LogP contribution in [-0.4, -0.2) is 33.1 Å². The standard InChI is InChI=1S/C14H16BrN3O3S/c1-8(2)18-6-9(15)5-11(18)13(19)16-4-3-12-17-10(7-22-12)14(20)21/h5-8H,3-4H2,1-2H3,(H,16,19)(H,20,21). The Labute approximate surface area is 140 Å². The van der Waals surface area contributed by atoms with E-state index in [1.807, 2.05) is 24.6 Å². The second-order valence-electron chi connectivity index (χ2n) is 4.98. The lowest BCUT2D eigenvalue weighted by molar-refractivity contribution is 0.0690. The van der Waals surface area contributed by atoms with Gasteiger partial charge in [-0.25, -0.2) is 9.78 Å². The minimum Gasteiger partial charge on any atom is -0.476 e. The molecule has 22 heavy (non-hydrogen) atoms. The van der Waals surface area contributed by atoms with Crippen molar-refractivity contribution in [2.75, 3.05) is 6.54 Å². The summed E-state index contributed by atoms with van der Waals surface area (Å²) in [6, 6.07) is 1.96. The highest BCUT2D eigenvalue weighted by atomic mass is 79.9. The fourth-order valence-electron chi connectivity index (χ4n) is 1.95. The molecule has 0 radical (unpaired) electrons. The zero-order valence-corrected chi connectivity index (χ0v) is 14.6. The third kappa shape index (κ3) is 3.95. The van der Waals surface area contributed by atoms with Crippen molar-refractivity contribution in [1.29, 1.82) is 0 Å².